The van der Waals surface area contributed by atoms with Crippen molar-refractivity contribution in [1.29, 1.82) is 5.26 Å². The number of rotatable bonds is 1. The van der Waals surface area contributed by atoms with E-state index in [1.807, 2.05) is 43.3 Å². The summed E-state index contributed by atoms with van der Waals surface area (Å²) in [6.07, 6.45) is 0. The lowest BCUT2D eigenvalue weighted by Crippen LogP contribution is -1.95. The molecule has 0 amide bonds. The molecule has 16 heavy (non-hydrogen) atoms. The Hall–Kier alpha value is -1.73. The molecule has 78 valence electrons. The normalized spacial score (nSPS) is 9.81. The first-order valence-corrected chi connectivity index (χ1v) is 5.50. The SMILES string of the molecule is Cc1cc(-c2ccccc2Br)nc(C#N)n1. The van der Waals surface area contributed by atoms with Gasteiger partial charge in [-0.05, 0) is 19.1 Å². The van der Waals surface area contributed by atoms with E-state index < -0.39 is 0 Å². The molecule has 0 saturated carbocycles. The molecule has 0 saturated heterocycles. The fourth-order valence-electron chi connectivity index (χ4n) is 1.43. The zero-order chi connectivity index (χ0) is 11.5. The highest BCUT2D eigenvalue weighted by Crippen LogP contribution is 2.26. The fourth-order valence-corrected chi connectivity index (χ4v) is 1.91. The number of halogens is 1. The van der Waals surface area contributed by atoms with Gasteiger partial charge in [-0.1, -0.05) is 34.1 Å². The summed E-state index contributed by atoms with van der Waals surface area (Å²) >= 11 is 3.46. The molecule has 0 spiro atoms. The molecule has 0 atom stereocenters. The van der Waals surface area contributed by atoms with E-state index in [-0.39, 0.29) is 5.82 Å². The summed E-state index contributed by atoms with van der Waals surface area (Å²) in [5.41, 5.74) is 2.51. The zero-order valence-electron chi connectivity index (χ0n) is 8.61. The number of hydrogen-bond acceptors (Lipinski definition) is 3. The lowest BCUT2D eigenvalue weighted by atomic mass is 10.1. The van der Waals surface area contributed by atoms with Gasteiger partial charge in [0, 0.05) is 15.7 Å². The van der Waals surface area contributed by atoms with Crippen LogP contribution in [-0.4, -0.2) is 9.97 Å². The lowest BCUT2D eigenvalue weighted by Gasteiger charge is -2.04. The van der Waals surface area contributed by atoms with Gasteiger partial charge in [-0.15, -0.1) is 0 Å². The van der Waals surface area contributed by atoms with E-state index in [9.17, 15) is 0 Å². The average Bonchev–Trinajstić information content (AvgIpc) is 2.28. The maximum atomic E-state index is 8.82. The molecule has 0 aliphatic carbocycles. The van der Waals surface area contributed by atoms with Gasteiger partial charge in [0.05, 0.1) is 5.69 Å². The fraction of sp³-hybridized carbons (Fsp3) is 0.0833. The van der Waals surface area contributed by atoms with Crippen molar-refractivity contribution in [1.82, 2.24) is 9.97 Å². The number of hydrogen-bond donors (Lipinski definition) is 0. The Morgan fingerprint density at radius 3 is 2.69 bits per heavy atom. The quantitative estimate of drug-likeness (QED) is 0.802. The molecule has 2 aromatic rings. The highest BCUT2D eigenvalue weighted by Gasteiger charge is 2.06. The number of aryl methyl sites for hydroxylation is 1. The molecule has 0 bridgehead atoms. The topological polar surface area (TPSA) is 49.6 Å². The Balaban J connectivity index is 2.61. The second-order valence-electron chi connectivity index (χ2n) is 3.31. The predicted octanol–water partition coefficient (Wildman–Crippen LogP) is 3.09. The van der Waals surface area contributed by atoms with Crippen molar-refractivity contribution in [2.75, 3.05) is 0 Å². The summed E-state index contributed by atoms with van der Waals surface area (Å²) in [7, 11) is 0. The van der Waals surface area contributed by atoms with Crippen LogP contribution in [0.4, 0.5) is 0 Å². The van der Waals surface area contributed by atoms with Gasteiger partial charge in [-0.2, -0.15) is 5.26 Å². The van der Waals surface area contributed by atoms with Crippen LogP contribution in [0.15, 0.2) is 34.8 Å². The summed E-state index contributed by atoms with van der Waals surface area (Å²) < 4.78 is 0.956. The van der Waals surface area contributed by atoms with Crippen LogP contribution in [-0.2, 0) is 0 Å². The second-order valence-corrected chi connectivity index (χ2v) is 4.16. The molecular weight excluding hydrogens is 266 g/mol. The largest absolute Gasteiger partial charge is 0.232 e. The minimum Gasteiger partial charge on any atom is -0.224 e. The molecule has 2 rings (SSSR count). The Labute approximate surface area is 102 Å². The standard InChI is InChI=1S/C12H8BrN3/c1-8-6-11(16-12(7-14)15-8)9-4-2-3-5-10(9)13/h2-6H,1H3. The van der Waals surface area contributed by atoms with Crippen molar-refractivity contribution < 1.29 is 0 Å². The molecule has 0 aliphatic rings. The number of nitriles is 1. The van der Waals surface area contributed by atoms with Crippen molar-refractivity contribution in [3.63, 3.8) is 0 Å². The second kappa shape index (κ2) is 4.42. The Morgan fingerprint density at radius 2 is 2.00 bits per heavy atom. The first-order chi connectivity index (χ1) is 7.70. The summed E-state index contributed by atoms with van der Waals surface area (Å²) in [6, 6.07) is 11.6. The number of aromatic nitrogens is 2. The zero-order valence-corrected chi connectivity index (χ0v) is 10.2. The van der Waals surface area contributed by atoms with Crippen LogP contribution < -0.4 is 0 Å². The third-order valence-electron chi connectivity index (χ3n) is 2.10. The van der Waals surface area contributed by atoms with E-state index in [1.54, 1.807) is 0 Å². The third kappa shape index (κ3) is 2.10. The maximum absolute atomic E-state index is 8.82. The van der Waals surface area contributed by atoms with Crippen LogP contribution in [0.2, 0.25) is 0 Å². The molecule has 1 aromatic heterocycles. The van der Waals surface area contributed by atoms with Gasteiger partial charge < -0.3 is 0 Å². The van der Waals surface area contributed by atoms with Crippen molar-refractivity contribution >= 4 is 15.9 Å². The Morgan fingerprint density at radius 1 is 1.25 bits per heavy atom. The first-order valence-electron chi connectivity index (χ1n) is 4.71. The van der Waals surface area contributed by atoms with Crippen LogP contribution in [0.25, 0.3) is 11.3 Å². The maximum Gasteiger partial charge on any atom is 0.232 e. The van der Waals surface area contributed by atoms with Crippen LogP contribution in [0.5, 0.6) is 0 Å². The van der Waals surface area contributed by atoms with Crippen molar-refractivity contribution in [2.45, 2.75) is 6.92 Å². The smallest absolute Gasteiger partial charge is 0.224 e. The van der Waals surface area contributed by atoms with Crippen molar-refractivity contribution in [3.05, 3.63) is 46.3 Å². The van der Waals surface area contributed by atoms with Gasteiger partial charge in [0.25, 0.3) is 0 Å². The molecular formula is C12H8BrN3. The third-order valence-corrected chi connectivity index (χ3v) is 2.80. The molecule has 4 heteroatoms. The summed E-state index contributed by atoms with van der Waals surface area (Å²) in [6.45, 7) is 1.85. The molecule has 3 nitrogen and oxygen atoms in total. The number of benzene rings is 1. The van der Waals surface area contributed by atoms with Crippen LogP contribution in [0, 0.1) is 18.3 Å². The van der Waals surface area contributed by atoms with Crippen LogP contribution in [0.3, 0.4) is 0 Å². The lowest BCUT2D eigenvalue weighted by molar-refractivity contribution is 1.06. The molecule has 1 heterocycles. The van der Waals surface area contributed by atoms with E-state index in [4.69, 9.17) is 5.26 Å². The average molecular weight is 274 g/mol. The van der Waals surface area contributed by atoms with E-state index in [0.29, 0.717) is 0 Å². The van der Waals surface area contributed by atoms with E-state index >= 15 is 0 Å². The molecule has 0 fully saturated rings. The summed E-state index contributed by atoms with van der Waals surface area (Å²) in [4.78, 5) is 8.20. The van der Waals surface area contributed by atoms with Gasteiger partial charge in [0.1, 0.15) is 6.07 Å². The molecule has 0 unspecified atom stereocenters. The van der Waals surface area contributed by atoms with Crippen molar-refractivity contribution in [3.8, 4) is 17.3 Å². The van der Waals surface area contributed by atoms with Crippen molar-refractivity contribution in [2.24, 2.45) is 0 Å². The molecule has 0 aliphatic heterocycles. The van der Waals surface area contributed by atoms with E-state index in [2.05, 4.69) is 25.9 Å². The predicted molar refractivity (Wildman–Crippen MR) is 64.6 cm³/mol. The van der Waals surface area contributed by atoms with E-state index in [1.165, 1.54) is 0 Å². The van der Waals surface area contributed by atoms with Crippen LogP contribution >= 0.6 is 15.9 Å². The monoisotopic (exact) mass is 273 g/mol. The highest BCUT2D eigenvalue weighted by molar-refractivity contribution is 9.10. The molecule has 0 radical (unpaired) electrons. The summed E-state index contributed by atoms with van der Waals surface area (Å²) in [5.74, 6) is 0.200. The van der Waals surface area contributed by atoms with Gasteiger partial charge in [-0.3, -0.25) is 0 Å². The van der Waals surface area contributed by atoms with Gasteiger partial charge in [0.15, 0.2) is 0 Å². The highest BCUT2D eigenvalue weighted by atomic mass is 79.9. The Bertz CT molecular complexity index is 573. The minimum atomic E-state index is 0.200. The first kappa shape index (κ1) is 10.8. The molecule has 1 aromatic carbocycles. The number of nitrogens with zero attached hydrogens (tertiary/aromatic N) is 3. The minimum absolute atomic E-state index is 0.200. The van der Waals surface area contributed by atoms with Gasteiger partial charge >= 0.3 is 0 Å². The van der Waals surface area contributed by atoms with Gasteiger partial charge in [-0.25, -0.2) is 9.97 Å². The van der Waals surface area contributed by atoms with Gasteiger partial charge in [0.2, 0.25) is 5.82 Å². The van der Waals surface area contributed by atoms with E-state index in [0.717, 1.165) is 21.4 Å². The molecule has 0 N–H and O–H groups in total. The Kier molecular flexibility index (Phi) is 2.97. The summed E-state index contributed by atoms with van der Waals surface area (Å²) in [5, 5.41) is 8.82. The van der Waals surface area contributed by atoms with Crippen LogP contribution in [0.1, 0.15) is 11.5 Å².